The summed E-state index contributed by atoms with van der Waals surface area (Å²) in [5.74, 6) is 2.38. The summed E-state index contributed by atoms with van der Waals surface area (Å²) in [7, 11) is 0. The molecule has 4 atom stereocenters. The number of carbonyl (C=O) groups is 1. The number of benzene rings is 4. The van der Waals surface area contributed by atoms with E-state index in [1.54, 1.807) is 12.1 Å². The SMILES string of the molecule is CC1C(CN2CCN(c3ccc([N+](=O)[O-])cc3)CC2)OC(c2ccc(-c3ccccc3CNC(=O)NC34CC5CC(CC(C5)C3)C4)cc2)OC1c1ccc(CO)cc1. The third-order valence-corrected chi connectivity index (χ3v) is 13.7. The fourth-order valence-electron chi connectivity index (χ4n) is 11.1. The highest BCUT2D eigenvalue weighted by molar-refractivity contribution is 5.76. The van der Waals surface area contributed by atoms with Gasteiger partial charge in [0.2, 0.25) is 0 Å². The van der Waals surface area contributed by atoms with Crippen LogP contribution in [0.4, 0.5) is 16.2 Å². The van der Waals surface area contributed by atoms with Gasteiger partial charge in [0.05, 0.1) is 23.7 Å². The third kappa shape index (κ3) is 8.23. The molecule has 4 unspecified atom stereocenters. The second-order valence-electron chi connectivity index (χ2n) is 17.7. The summed E-state index contributed by atoms with van der Waals surface area (Å²) >= 11 is 0. The minimum absolute atomic E-state index is 0.0118. The fraction of sp³-hybridized carbons (Fsp3) is 0.468. The lowest BCUT2D eigenvalue weighted by Crippen LogP contribution is -2.61. The number of nitrogens with zero attached hydrogens (tertiary/aromatic N) is 3. The van der Waals surface area contributed by atoms with Crippen molar-refractivity contribution in [3.8, 4) is 11.1 Å². The molecule has 4 aliphatic carbocycles. The predicted molar refractivity (Wildman–Crippen MR) is 223 cm³/mol. The van der Waals surface area contributed by atoms with Crippen LogP contribution in [0.1, 0.15) is 80.1 Å². The molecule has 4 aromatic carbocycles. The van der Waals surface area contributed by atoms with Crippen molar-refractivity contribution in [1.82, 2.24) is 15.5 Å². The van der Waals surface area contributed by atoms with Gasteiger partial charge in [0, 0.05) is 74.1 Å². The average molecular weight is 786 g/mol. The first-order valence-electron chi connectivity index (χ1n) is 21.2. The van der Waals surface area contributed by atoms with E-state index in [-0.39, 0.29) is 46.9 Å². The van der Waals surface area contributed by atoms with E-state index in [1.807, 2.05) is 48.5 Å². The van der Waals surface area contributed by atoms with Crippen molar-refractivity contribution in [1.29, 1.82) is 0 Å². The first kappa shape index (κ1) is 38.7. The van der Waals surface area contributed by atoms with Gasteiger partial charge in [-0.3, -0.25) is 15.0 Å². The van der Waals surface area contributed by atoms with Crippen LogP contribution < -0.4 is 15.5 Å². The number of aliphatic hydroxyl groups excluding tert-OH is 1. The highest BCUT2D eigenvalue weighted by atomic mass is 16.7. The first-order valence-corrected chi connectivity index (χ1v) is 21.2. The van der Waals surface area contributed by atoms with Gasteiger partial charge < -0.3 is 30.1 Å². The van der Waals surface area contributed by atoms with Crippen LogP contribution in [-0.4, -0.2) is 65.3 Å². The van der Waals surface area contributed by atoms with Gasteiger partial charge in [0.15, 0.2) is 6.29 Å². The maximum Gasteiger partial charge on any atom is 0.315 e. The predicted octanol–water partition coefficient (Wildman–Crippen LogP) is 8.14. The Morgan fingerprint density at radius 2 is 1.47 bits per heavy atom. The van der Waals surface area contributed by atoms with Gasteiger partial charge in [0.25, 0.3) is 5.69 Å². The van der Waals surface area contributed by atoms with E-state index in [0.717, 1.165) is 109 Å². The molecular weight excluding hydrogens is 731 g/mol. The summed E-state index contributed by atoms with van der Waals surface area (Å²) in [5.41, 5.74) is 7.12. The number of carbonyl (C=O) groups excluding carboxylic acids is 1. The number of ether oxygens (including phenoxy) is 2. The normalized spacial score (nSPS) is 29.3. The number of urea groups is 1. The summed E-state index contributed by atoms with van der Waals surface area (Å²) in [5, 5.41) is 27.5. The molecule has 0 spiro atoms. The highest BCUT2D eigenvalue weighted by Gasteiger charge is 2.51. The van der Waals surface area contributed by atoms with E-state index in [4.69, 9.17) is 9.47 Å². The van der Waals surface area contributed by atoms with Gasteiger partial charge in [0.1, 0.15) is 0 Å². The van der Waals surface area contributed by atoms with Gasteiger partial charge in [-0.05, 0) is 96.2 Å². The van der Waals surface area contributed by atoms with Gasteiger partial charge in [-0.15, -0.1) is 0 Å². The maximum atomic E-state index is 13.3. The van der Waals surface area contributed by atoms with Crippen molar-refractivity contribution in [3.05, 3.63) is 129 Å². The van der Waals surface area contributed by atoms with Gasteiger partial charge in [-0.2, -0.15) is 0 Å². The Morgan fingerprint density at radius 1 is 0.828 bits per heavy atom. The molecule has 3 N–H and O–H groups in total. The summed E-state index contributed by atoms with van der Waals surface area (Å²) in [6.45, 7) is 6.69. The smallest absolute Gasteiger partial charge is 0.315 e. The molecule has 4 bridgehead atoms. The minimum Gasteiger partial charge on any atom is -0.392 e. The molecule has 2 amide bonds. The number of piperazine rings is 1. The van der Waals surface area contributed by atoms with Crippen LogP contribution in [0.15, 0.2) is 97.1 Å². The van der Waals surface area contributed by atoms with Gasteiger partial charge in [-0.1, -0.05) is 79.7 Å². The number of nitro benzene ring substituents is 1. The fourth-order valence-corrected chi connectivity index (χ4v) is 11.1. The lowest BCUT2D eigenvalue weighted by molar-refractivity contribution is -0.384. The molecule has 4 aromatic rings. The lowest BCUT2D eigenvalue weighted by Gasteiger charge is -2.56. The average Bonchev–Trinajstić information content (AvgIpc) is 3.23. The van der Waals surface area contributed by atoms with Crippen molar-refractivity contribution < 1.29 is 24.3 Å². The van der Waals surface area contributed by atoms with Crippen LogP contribution in [0.3, 0.4) is 0 Å². The van der Waals surface area contributed by atoms with Gasteiger partial charge in [-0.25, -0.2) is 4.79 Å². The van der Waals surface area contributed by atoms with Crippen molar-refractivity contribution in [2.24, 2.45) is 23.7 Å². The number of aliphatic hydroxyl groups is 1. The number of anilines is 1. The topological polar surface area (TPSA) is 129 Å². The van der Waals surface area contributed by atoms with E-state index in [1.165, 1.54) is 19.3 Å². The second kappa shape index (κ2) is 16.4. The van der Waals surface area contributed by atoms with E-state index in [0.29, 0.717) is 6.54 Å². The van der Waals surface area contributed by atoms with Crippen LogP contribution in [0, 0.1) is 33.8 Å². The summed E-state index contributed by atoms with van der Waals surface area (Å²) in [6, 6.07) is 31.4. The summed E-state index contributed by atoms with van der Waals surface area (Å²) in [6.07, 6.45) is 6.53. The Labute approximate surface area is 340 Å². The first-order chi connectivity index (χ1) is 28.2. The Morgan fingerprint density at radius 3 is 2.10 bits per heavy atom. The molecule has 58 heavy (non-hydrogen) atoms. The Balaban J connectivity index is 0.872. The van der Waals surface area contributed by atoms with Crippen LogP contribution in [0.5, 0.6) is 0 Å². The molecule has 11 nitrogen and oxygen atoms in total. The molecule has 0 radical (unpaired) electrons. The van der Waals surface area contributed by atoms with Crippen LogP contribution in [0.2, 0.25) is 0 Å². The molecule has 2 heterocycles. The van der Waals surface area contributed by atoms with Crippen molar-refractivity contribution in [3.63, 3.8) is 0 Å². The minimum atomic E-state index is -0.579. The molecule has 2 saturated heterocycles. The van der Waals surface area contributed by atoms with E-state index < -0.39 is 6.29 Å². The Hall–Kier alpha value is -4.81. The van der Waals surface area contributed by atoms with E-state index >= 15 is 0 Å². The van der Waals surface area contributed by atoms with E-state index in [9.17, 15) is 20.0 Å². The number of nitro groups is 1. The van der Waals surface area contributed by atoms with Crippen LogP contribution in [-0.2, 0) is 22.6 Å². The molecule has 10 rings (SSSR count). The Bertz CT molecular complexity index is 2030. The number of non-ortho nitro benzene ring substituents is 1. The molecule has 0 aromatic heterocycles. The monoisotopic (exact) mass is 785 g/mol. The largest absolute Gasteiger partial charge is 0.392 e. The number of hydrogen-bond donors (Lipinski definition) is 3. The highest BCUT2D eigenvalue weighted by Crippen LogP contribution is 2.55. The van der Waals surface area contributed by atoms with Gasteiger partial charge >= 0.3 is 6.03 Å². The van der Waals surface area contributed by atoms with Crippen molar-refractivity contribution in [2.45, 2.75) is 82.6 Å². The molecular formula is C47H55N5O6. The number of nitrogens with one attached hydrogen (secondary N) is 2. The number of hydrogen-bond acceptors (Lipinski definition) is 8. The molecule has 11 heteroatoms. The zero-order valence-corrected chi connectivity index (χ0v) is 33.3. The molecule has 6 fully saturated rings. The van der Waals surface area contributed by atoms with Crippen LogP contribution >= 0.6 is 0 Å². The second-order valence-corrected chi connectivity index (χ2v) is 17.7. The standard InChI is InChI=1S/C47H55N5O6/c1-31-43(29-50-18-20-51(21-19-50)40-14-16-41(17-15-40)52(55)56)57-45(58-44(31)37-8-6-32(30-53)7-9-37)38-12-10-36(11-13-38)42-5-3-2-4-39(42)28-48-46(54)49-47-25-33-22-34(26-47)24-35(23-33)27-47/h2-17,31,33-35,43-45,53H,18-30H2,1H3,(H2,48,49,54). The summed E-state index contributed by atoms with van der Waals surface area (Å²) < 4.78 is 13.6. The lowest BCUT2D eigenvalue weighted by atomic mass is 9.53. The summed E-state index contributed by atoms with van der Waals surface area (Å²) in [4.78, 5) is 28.8. The third-order valence-electron chi connectivity index (χ3n) is 13.7. The van der Waals surface area contributed by atoms with Crippen molar-refractivity contribution >= 4 is 17.4 Å². The molecule has 2 aliphatic heterocycles. The molecule has 4 saturated carbocycles. The molecule has 304 valence electrons. The Kier molecular flexibility index (Phi) is 11.0. The molecule has 6 aliphatic rings. The van der Waals surface area contributed by atoms with Crippen LogP contribution in [0.25, 0.3) is 11.1 Å². The quantitative estimate of drug-likeness (QED) is 0.103. The van der Waals surface area contributed by atoms with E-state index in [2.05, 4.69) is 63.8 Å². The van der Waals surface area contributed by atoms with Crippen molar-refractivity contribution in [2.75, 3.05) is 37.6 Å². The zero-order valence-electron chi connectivity index (χ0n) is 33.3. The zero-order chi connectivity index (χ0) is 39.8. The maximum absolute atomic E-state index is 13.3. The number of rotatable bonds is 11. The number of amides is 2.